The number of H-pyrrole nitrogens is 1. The molecule has 1 aromatic heterocycles. The van der Waals surface area contributed by atoms with Gasteiger partial charge in [-0.25, -0.2) is 0 Å². The first kappa shape index (κ1) is 13.8. The van der Waals surface area contributed by atoms with Gasteiger partial charge in [-0.15, -0.1) is 5.10 Å². The van der Waals surface area contributed by atoms with Crippen molar-refractivity contribution in [3.8, 4) is 0 Å². The number of anilines is 1. The summed E-state index contributed by atoms with van der Waals surface area (Å²) in [5, 5.41) is 8.73. The van der Waals surface area contributed by atoms with Gasteiger partial charge in [0.15, 0.2) is 0 Å². The molecule has 0 saturated carbocycles. The summed E-state index contributed by atoms with van der Waals surface area (Å²) in [6, 6.07) is 0. The molecule has 4 N–H and O–H groups in total. The smallest absolute Gasteiger partial charge is 0.288 e. The summed E-state index contributed by atoms with van der Waals surface area (Å²) in [6.07, 6.45) is 3.17. The summed E-state index contributed by atoms with van der Waals surface area (Å²) in [6.45, 7) is 2.58. The van der Waals surface area contributed by atoms with Crippen LogP contribution in [0.3, 0.4) is 0 Å². The zero-order valence-electron chi connectivity index (χ0n) is 10.7. The minimum atomic E-state index is -0.316. The number of ether oxygens (including phenoxy) is 2. The number of nitrogens with zero attached hydrogens (tertiary/aromatic N) is 2. The van der Waals surface area contributed by atoms with Gasteiger partial charge in [-0.05, 0) is 19.3 Å². The van der Waals surface area contributed by atoms with Gasteiger partial charge in [0.2, 0.25) is 11.8 Å². The van der Waals surface area contributed by atoms with Crippen molar-refractivity contribution in [2.75, 3.05) is 32.1 Å². The number of aromatic amines is 1. The van der Waals surface area contributed by atoms with Crippen LogP contribution in [0.4, 0.5) is 5.95 Å². The van der Waals surface area contributed by atoms with E-state index in [4.69, 9.17) is 15.2 Å². The second-order valence-electron chi connectivity index (χ2n) is 4.36. The number of hydrogen-bond donors (Lipinski definition) is 3. The number of nitrogens with one attached hydrogen (secondary N) is 2. The molecule has 1 amide bonds. The Hall–Kier alpha value is -1.67. The highest BCUT2D eigenvalue weighted by molar-refractivity contribution is 5.90. The minimum Gasteiger partial charge on any atom is -0.379 e. The Morgan fingerprint density at radius 1 is 1.63 bits per heavy atom. The fourth-order valence-corrected chi connectivity index (χ4v) is 1.83. The van der Waals surface area contributed by atoms with E-state index in [-0.39, 0.29) is 23.8 Å². The molecular formula is C11H19N5O3. The molecule has 106 valence electrons. The van der Waals surface area contributed by atoms with Crippen molar-refractivity contribution >= 4 is 11.9 Å². The zero-order chi connectivity index (χ0) is 13.5. The summed E-state index contributed by atoms with van der Waals surface area (Å²) in [4.78, 5) is 15.3. The molecule has 8 heteroatoms. The van der Waals surface area contributed by atoms with Gasteiger partial charge in [0.05, 0.1) is 12.7 Å². The molecule has 1 saturated heterocycles. The molecule has 1 aromatic rings. The molecule has 1 aliphatic rings. The van der Waals surface area contributed by atoms with Crippen molar-refractivity contribution < 1.29 is 14.3 Å². The van der Waals surface area contributed by atoms with Gasteiger partial charge in [0.25, 0.3) is 5.91 Å². The zero-order valence-corrected chi connectivity index (χ0v) is 10.7. The summed E-state index contributed by atoms with van der Waals surface area (Å²) in [7, 11) is 0. The van der Waals surface area contributed by atoms with Crippen LogP contribution in [0.2, 0.25) is 0 Å². The Labute approximate surface area is 111 Å². The molecule has 2 rings (SSSR count). The second-order valence-corrected chi connectivity index (χ2v) is 4.36. The number of rotatable bonds is 7. The number of carbonyl (C=O) groups excluding carboxylic acids is 1. The van der Waals surface area contributed by atoms with Gasteiger partial charge in [-0.1, -0.05) is 0 Å². The van der Waals surface area contributed by atoms with Crippen LogP contribution in [-0.4, -0.2) is 53.6 Å². The predicted octanol–water partition coefficient (Wildman–Crippen LogP) is -0.298. The molecule has 0 aromatic carbocycles. The molecule has 1 unspecified atom stereocenters. The molecule has 0 spiro atoms. The third-order valence-electron chi connectivity index (χ3n) is 2.80. The molecule has 0 radical (unpaired) electrons. The Morgan fingerprint density at radius 2 is 2.53 bits per heavy atom. The average molecular weight is 269 g/mol. The van der Waals surface area contributed by atoms with E-state index in [9.17, 15) is 4.79 Å². The topological polar surface area (TPSA) is 115 Å². The number of carbonyl (C=O) groups is 1. The molecule has 1 aliphatic heterocycles. The van der Waals surface area contributed by atoms with Crippen molar-refractivity contribution in [1.29, 1.82) is 0 Å². The quantitative estimate of drug-likeness (QED) is 0.585. The van der Waals surface area contributed by atoms with Crippen molar-refractivity contribution in [3.63, 3.8) is 0 Å². The van der Waals surface area contributed by atoms with Crippen LogP contribution < -0.4 is 11.1 Å². The molecule has 8 nitrogen and oxygen atoms in total. The van der Waals surface area contributed by atoms with Gasteiger partial charge in [0, 0.05) is 19.8 Å². The van der Waals surface area contributed by atoms with Crippen LogP contribution in [0.1, 0.15) is 29.9 Å². The monoisotopic (exact) mass is 269 g/mol. The molecular weight excluding hydrogens is 250 g/mol. The van der Waals surface area contributed by atoms with E-state index in [1.54, 1.807) is 0 Å². The lowest BCUT2D eigenvalue weighted by molar-refractivity contribution is 0.0166. The van der Waals surface area contributed by atoms with E-state index in [1.165, 1.54) is 0 Å². The minimum absolute atomic E-state index is 0.0602. The normalized spacial score (nSPS) is 18.6. The van der Waals surface area contributed by atoms with Gasteiger partial charge in [-0.3, -0.25) is 9.89 Å². The van der Waals surface area contributed by atoms with Gasteiger partial charge >= 0.3 is 0 Å². The van der Waals surface area contributed by atoms with Crippen molar-refractivity contribution in [1.82, 2.24) is 20.5 Å². The Balaban J connectivity index is 1.50. The predicted molar refractivity (Wildman–Crippen MR) is 67.5 cm³/mol. The van der Waals surface area contributed by atoms with Gasteiger partial charge < -0.3 is 20.5 Å². The van der Waals surface area contributed by atoms with Gasteiger partial charge in [0.1, 0.15) is 0 Å². The van der Waals surface area contributed by atoms with E-state index >= 15 is 0 Å². The summed E-state index contributed by atoms with van der Waals surface area (Å²) in [5.41, 5.74) is 5.31. The lowest BCUT2D eigenvalue weighted by Gasteiger charge is -2.09. The van der Waals surface area contributed by atoms with Crippen molar-refractivity contribution in [2.45, 2.75) is 25.4 Å². The lowest BCUT2D eigenvalue weighted by atomic mass is 10.2. The van der Waals surface area contributed by atoms with Crippen LogP contribution in [0.15, 0.2) is 0 Å². The lowest BCUT2D eigenvalue weighted by Crippen LogP contribution is -2.26. The van der Waals surface area contributed by atoms with E-state index in [1.807, 2.05) is 0 Å². The standard InChI is InChI=1S/C11H19N5O3/c12-11-14-9(15-16-11)10(17)13-4-2-5-18-7-8-3-1-6-19-8/h8H,1-7H2,(H,13,17)(H3,12,14,15,16). The Bertz CT molecular complexity index is 403. The molecule has 19 heavy (non-hydrogen) atoms. The van der Waals surface area contributed by atoms with E-state index in [2.05, 4.69) is 20.5 Å². The first-order valence-electron chi connectivity index (χ1n) is 6.41. The van der Waals surface area contributed by atoms with Crippen LogP contribution in [-0.2, 0) is 9.47 Å². The summed E-state index contributed by atoms with van der Waals surface area (Å²) < 4.78 is 10.9. The molecule has 2 heterocycles. The highest BCUT2D eigenvalue weighted by atomic mass is 16.5. The van der Waals surface area contributed by atoms with Crippen molar-refractivity contribution in [3.05, 3.63) is 5.82 Å². The maximum absolute atomic E-state index is 11.5. The number of amides is 1. The van der Waals surface area contributed by atoms with Crippen LogP contribution in [0.25, 0.3) is 0 Å². The van der Waals surface area contributed by atoms with Crippen molar-refractivity contribution in [2.24, 2.45) is 0 Å². The highest BCUT2D eigenvalue weighted by Crippen LogP contribution is 2.11. The van der Waals surface area contributed by atoms with Gasteiger partial charge in [-0.2, -0.15) is 4.98 Å². The SMILES string of the molecule is Nc1n[nH]c(C(=O)NCCCOCC2CCCO2)n1. The molecule has 0 aliphatic carbocycles. The molecule has 1 fully saturated rings. The number of aromatic nitrogens is 3. The fraction of sp³-hybridized carbons (Fsp3) is 0.727. The first-order valence-corrected chi connectivity index (χ1v) is 6.41. The second kappa shape index (κ2) is 7.05. The highest BCUT2D eigenvalue weighted by Gasteiger charge is 2.15. The summed E-state index contributed by atoms with van der Waals surface area (Å²) in [5.74, 6) is -0.133. The third-order valence-corrected chi connectivity index (χ3v) is 2.80. The van der Waals surface area contributed by atoms with E-state index in [0.717, 1.165) is 25.9 Å². The average Bonchev–Trinajstić information content (AvgIpc) is 3.04. The van der Waals surface area contributed by atoms with E-state index in [0.29, 0.717) is 19.8 Å². The number of nitrogens with two attached hydrogens (primary N) is 1. The number of nitrogen functional groups attached to an aromatic ring is 1. The molecule has 0 bridgehead atoms. The fourth-order valence-electron chi connectivity index (χ4n) is 1.83. The maximum atomic E-state index is 11.5. The Morgan fingerprint density at radius 3 is 3.21 bits per heavy atom. The maximum Gasteiger partial charge on any atom is 0.288 e. The largest absolute Gasteiger partial charge is 0.379 e. The molecule has 1 atom stereocenters. The van der Waals surface area contributed by atoms with E-state index < -0.39 is 0 Å². The van der Waals surface area contributed by atoms with Crippen LogP contribution >= 0.6 is 0 Å². The first-order chi connectivity index (χ1) is 9.25. The summed E-state index contributed by atoms with van der Waals surface area (Å²) >= 11 is 0. The van der Waals surface area contributed by atoms with Crippen LogP contribution in [0.5, 0.6) is 0 Å². The van der Waals surface area contributed by atoms with Crippen LogP contribution in [0, 0.1) is 0 Å². The Kier molecular flexibility index (Phi) is 5.10. The number of hydrogen-bond acceptors (Lipinski definition) is 6. The third kappa shape index (κ3) is 4.49.